The Morgan fingerprint density at radius 2 is 1.79 bits per heavy atom. The lowest BCUT2D eigenvalue weighted by atomic mass is 10.0. The molecule has 0 unspecified atom stereocenters. The van der Waals surface area contributed by atoms with Crippen LogP contribution in [0.3, 0.4) is 0 Å². The fourth-order valence-electron chi connectivity index (χ4n) is 1.62. The molecule has 98 valence electrons. The van der Waals surface area contributed by atoms with E-state index in [9.17, 15) is 18.0 Å². The summed E-state index contributed by atoms with van der Waals surface area (Å²) in [5, 5.41) is 0. The summed E-state index contributed by atoms with van der Waals surface area (Å²) in [5.74, 6) is -4.81. The molecule has 0 atom stereocenters. The summed E-state index contributed by atoms with van der Waals surface area (Å²) in [4.78, 5) is 12.0. The summed E-state index contributed by atoms with van der Waals surface area (Å²) < 4.78 is 44.3. The molecule has 5 heteroatoms. The smallest absolute Gasteiger partial charge is 0.196 e. The molecule has 2 aromatic rings. The molecule has 0 aliphatic rings. The standard InChI is InChI=1S/C14H9F3O2/c1-19-9-4-2-3-8(7-9)14(18)10-5-6-11(15)13(17)12(10)16/h2-7H,1H3. The van der Waals surface area contributed by atoms with Crippen molar-refractivity contribution in [1.29, 1.82) is 0 Å². The molecular weight excluding hydrogens is 257 g/mol. The van der Waals surface area contributed by atoms with Gasteiger partial charge in [-0.3, -0.25) is 4.79 Å². The van der Waals surface area contributed by atoms with Gasteiger partial charge in [-0.15, -0.1) is 0 Å². The van der Waals surface area contributed by atoms with Crippen LogP contribution >= 0.6 is 0 Å². The Morgan fingerprint density at radius 3 is 2.47 bits per heavy atom. The van der Waals surface area contributed by atoms with Crippen LogP contribution in [0, 0.1) is 17.5 Å². The Bertz CT molecular complexity index is 639. The van der Waals surface area contributed by atoms with E-state index in [1.807, 2.05) is 0 Å². The molecule has 0 saturated carbocycles. The molecule has 0 spiro atoms. The topological polar surface area (TPSA) is 26.3 Å². The number of ether oxygens (including phenoxy) is 1. The minimum Gasteiger partial charge on any atom is -0.497 e. The zero-order chi connectivity index (χ0) is 14.0. The van der Waals surface area contributed by atoms with Gasteiger partial charge in [-0.05, 0) is 24.3 Å². The minimum absolute atomic E-state index is 0.129. The minimum atomic E-state index is -1.66. The average Bonchev–Trinajstić information content (AvgIpc) is 2.44. The number of carbonyl (C=O) groups excluding carboxylic acids is 1. The first-order chi connectivity index (χ1) is 9.04. The first-order valence-corrected chi connectivity index (χ1v) is 5.37. The molecule has 0 aliphatic heterocycles. The van der Waals surface area contributed by atoms with E-state index in [2.05, 4.69) is 0 Å². The van der Waals surface area contributed by atoms with Crippen LogP contribution in [0.1, 0.15) is 15.9 Å². The quantitative estimate of drug-likeness (QED) is 0.629. The summed E-state index contributed by atoms with van der Waals surface area (Å²) in [6.07, 6.45) is 0. The van der Waals surface area contributed by atoms with Crippen molar-refractivity contribution in [2.24, 2.45) is 0 Å². The van der Waals surface area contributed by atoms with E-state index >= 15 is 0 Å². The molecule has 0 N–H and O–H groups in total. The SMILES string of the molecule is COc1cccc(C(=O)c2ccc(F)c(F)c2F)c1. The van der Waals surface area contributed by atoms with E-state index in [1.165, 1.54) is 19.2 Å². The predicted molar refractivity (Wildman–Crippen MR) is 62.7 cm³/mol. The largest absolute Gasteiger partial charge is 0.497 e. The second-order valence-corrected chi connectivity index (χ2v) is 3.78. The fourth-order valence-corrected chi connectivity index (χ4v) is 1.62. The van der Waals surface area contributed by atoms with Crippen LogP contribution in [-0.4, -0.2) is 12.9 Å². The first kappa shape index (κ1) is 13.1. The molecule has 0 aliphatic carbocycles. The number of methoxy groups -OCH3 is 1. The second kappa shape index (κ2) is 5.14. The summed E-state index contributed by atoms with van der Waals surface area (Å²) in [6, 6.07) is 7.61. The first-order valence-electron chi connectivity index (χ1n) is 5.37. The van der Waals surface area contributed by atoms with E-state index in [0.29, 0.717) is 11.8 Å². The number of hydrogen-bond donors (Lipinski definition) is 0. The summed E-state index contributed by atoms with van der Waals surface area (Å²) in [5.41, 5.74) is -0.392. The van der Waals surface area contributed by atoms with E-state index in [0.717, 1.165) is 6.07 Å². The van der Waals surface area contributed by atoms with Crippen molar-refractivity contribution >= 4 is 5.78 Å². The van der Waals surface area contributed by atoms with Crippen LogP contribution in [0.2, 0.25) is 0 Å². The molecule has 2 nitrogen and oxygen atoms in total. The lowest BCUT2D eigenvalue weighted by molar-refractivity contribution is 0.103. The molecule has 0 aromatic heterocycles. The molecule has 0 amide bonds. The number of rotatable bonds is 3. The van der Waals surface area contributed by atoms with Gasteiger partial charge in [0.25, 0.3) is 0 Å². The summed E-state index contributed by atoms with van der Waals surface area (Å²) in [7, 11) is 1.42. The van der Waals surface area contributed by atoms with Gasteiger partial charge in [0, 0.05) is 5.56 Å². The highest BCUT2D eigenvalue weighted by atomic mass is 19.2. The molecule has 2 aromatic carbocycles. The van der Waals surface area contributed by atoms with E-state index in [1.54, 1.807) is 12.1 Å². The average molecular weight is 266 g/mol. The Morgan fingerprint density at radius 1 is 1.05 bits per heavy atom. The summed E-state index contributed by atoms with van der Waals surface area (Å²) in [6.45, 7) is 0. The maximum absolute atomic E-state index is 13.5. The van der Waals surface area contributed by atoms with Crippen molar-refractivity contribution in [3.8, 4) is 5.75 Å². The molecule has 0 radical (unpaired) electrons. The fraction of sp³-hybridized carbons (Fsp3) is 0.0714. The van der Waals surface area contributed by atoms with Gasteiger partial charge in [-0.2, -0.15) is 0 Å². The van der Waals surface area contributed by atoms with Gasteiger partial charge in [-0.25, -0.2) is 13.2 Å². The molecule has 19 heavy (non-hydrogen) atoms. The highest BCUT2D eigenvalue weighted by Crippen LogP contribution is 2.20. The van der Waals surface area contributed by atoms with Gasteiger partial charge in [0.05, 0.1) is 12.7 Å². The Kier molecular flexibility index (Phi) is 3.55. The van der Waals surface area contributed by atoms with Crippen molar-refractivity contribution in [3.63, 3.8) is 0 Å². The zero-order valence-electron chi connectivity index (χ0n) is 9.91. The number of ketones is 1. The molecule has 0 saturated heterocycles. The molecule has 2 rings (SSSR count). The van der Waals surface area contributed by atoms with Crippen molar-refractivity contribution in [2.45, 2.75) is 0 Å². The maximum atomic E-state index is 13.5. The predicted octanol–water partition coefficient (Wildman–Crippen LogP) is 3.34. The van der Waals surface area contributed by atoms with Crippen LogP contribution in [-0.2, 0) is 0 Å². The van der Waals surface area contributed by atoms with Crippen LogP contribution in [0.5, 0.6) is 5.75 Å². The van der Waals surface area contributed by atoms with Crippen LogP contribution in [0.4, 0.5) is 13.2 Å². The molecule has 0 heterocycles. The van der Waals surface area contributed by atoms with Crippen LogP contribution in [0.25, 0.3) is 0 Å². The maximum Gasteiger partial charge on any atom is 0.196 e. The lowest BCUT2D eigenvalue weighted by Gasteiger charge is -2.06. The van der Waals surface area contributed by atoms with Crippen molar-refractivity contribution in [2.75, 3.05) is 7.11 Å². The van der Waals surface area contributed by atoms with Crippen LogP contribution < -0.4 is 4.74 Å². The zero-order valence-corrected chi connectivity index (χ0v) is 9.91. The van der Waals surface area contributed by atoms with E-state index < -0.39 is 28.8 Å². The lowest BCUT2D eigenvalue weighted by Crippen LogP contribution is -2.07. The van der Waals surface area contributed by atoms with Crippen molar-refractivity contribution in [1.82, 2.24) is 0 Å². The number of carbonyl (C=O) groups is 1. The van der Waals surface area contributed by atoms with Gasteiger partial charge in [-0.1, -0.05) is 12.1 Å². The Hall–Kier alpha value is -2.30. The highest BCUT2D eigenvalue weighted by molar-refractivity contribution is 6.09. The van der Waals surface area contributed by atoms with Crippen molar-refractivity contribution in [3.05, 3.63) is 65.0 Å². The van der Waals surface area contributed by atoms with E-state index in [4.69, 9.17) is 4.74 Å². The third-order valence-corrected chi connectivity index (χ3v) is 2.61. The summed E-state index contributed by atoms with van der Waals surface area (Å²) >= 11 is 0. The van der Waals surface area contributed by atoms with E-state index in [-0.39, 0.29) is 5.56 Å². The van der Waals surface area contributed by atoms with Gasteiger partial charge >= 0.3 is 0 Å². The number of benzene rings is 2. The van der Waals surface area contributed by atoms with Gasteiger partial charge in [0.2, 0.25) is 0 Å². The highest BCUT2D eigenvalue weighted by Gasteiger charge is 2.20. The molecular formula is C14H9F3O2. The van der Waals surface area contributed by atoms with Gasteiger partial charge < -0.3 is 4.74 Å². The Labute approximate surface area is 107 Å². The van der Waals surface area contributed by atoms with Gasteiger partial charge in [0.15, 0.2) is 23.2 Å². The number of halogens is 3. The molecule has 0 fully saturated rings. The van der Waals surface area contributed by atoms with Gasteiger partial charge in [0.1, 0.15) is 5.75 Å². The van der Waals surface area contributed by atoms with Crippen LogP contribution in [0.15, 0.2) is 36.4 Å². The number of hydrogen-bond acceptors (Lipinski definition) is 2. The van der Waals surface area contributed by atoms with Crippen molar-refractivity contribution < 1.29 is 22.7 Å². The third kappa shape index (κ3) is 2.45. The normalized spacial score (nSPS) is 10.3. The monoisotopic (exact) mass is 266 g/mol. The third-order valence-electron chi connectivity index (χ3n) is 2.61. The second-order valence-electron chi connectivity index (χ2n) is 3.78. The molecule has 0 bridgehead atoms. The Balaban J connectivity index is 2.47.